The van der Waals surface area contributed by atoms with Gasteiger partial charge in [0.25, 0.3) is 0 Å². The van der Waals surface area contributed by atoms with Crippen molar-refractivity contribution in [3.05, 3.63) is 0 Å². The Balaban J connectivity index is 2.42. The maximum absolute atomic E-state index is 11.5. The van der Waals surface area contributed by atoms with Gasteiger partial charge in [0.05, 0.1) is 5.75 Å². The van der Waals surface area contributed by atoms with Crippen LogP contribution in [0.1, 0.15) is 13.3 Å². The molecule has 1 rings (SSSR count). The van der Waals surface area contributed by atoms with Gasteiger partial charge in [0.1, 0.15) is 0 Å². The number of nitrogens with zero attached hydrogens (tertiary/aromatic N) is 1. The zero-order valence-electron chi connectivity index (χ0n) is 9.48. The van der Waals surface area contributed by atoms with Crippen LogP contribution in [-0.4, -0.2) is 51.2 Å². The minimum absolute atomic E-state index is 0.00199. The third-order valence-corrected chi connectivity index (χ3v) is 4.07. The van der Waals surface area contributed by atoms with Crippen molar-refractivity contribution in [2.45, 2.75) is 13.3 Å². The number of amides is 1. The van der Waals surface area contributed by atoms with Crippen molar-refractivity contribution in [3.8, 4) is 0 Å². The van der Waals surface area contributed by atoms with Gasteiger partial charge in [0.2, 0.25) is 15.9 Å². The molecule has 1 atom stereocenters. The van der Waals surface area contributed by atoms with E-state index >= 15 is 0 Å². The number of likely N-dealkylation sites (tertiary alicyclic amines) is 1. The average Bonchev–Trinajstić information content (AvgIpc) is 2.56. The van der Waals surface area contributed by atoms with Crippen LogP contribution >= 0.6 is 0 Å². The highest BCUT2D eigenvalue weighted by atomic mass is 32.2. The summed E-state index contributed by atoms with van der Waals surface area (Å²) in [4.78, 5) is 13.0. The van der Waals surface area contributed by atoms with Gasteiger partial charge in [0, 0.05) is 26.1 Å². The highest BCUT2D eigenvalue weighted by Crippen LogP contribution is 2.15. The minimum Gasteiger partial charge on any atom is -0.341 e. The van der Waals surface area contributed by atoms with Gasteiger partial charge in [-0.2, -0.15) is 0 Å². The molecule has 1 amide bonds. The van der Waals surface area contributed by atoms with Crippen molar-refractivity contribution in [3.63, 3.8) is 0 Å². The van der Waals surface area contributed by atoms with Crippen LogP contribution in [0.4, 0.5) is 0 Å². The predicted molar refractivity (Wildman–Crippen MR) is 61.2 cm³/mol. The number of carbonyl (C=O) groups is 1. The van der Waals surface area contributed by atoms with Crippen LogP contribution in [-0.2, 0) is 14.8 Å². The molecule has 3 N–H and O–H groups in total. The second kappa shape index (κ2) is 5.60. The van der Waals surface area contributed by atoms with Crippen molar-refractivity contribution in [2.75, 3.05) is 31.9 Å². The van der Waals surface area contributed by atoms with Crippen molar-refractivity contribution in [1.82, 2.24) is 9.62 Å². The lowest BCUT2D eigenvalue weighted by atomic mass is 10.1. The molecule has 0 saturated carbocycles. The van der Waals surface area contributed by atoms with Crippen molar-refractivity contribution in [1.29, 1.82) is 0 Å². The summed E-state index contributed by atoms with van der Waals surface area (Å²) in [5.41, 5.74) is 5.48. The van der Waals surface area contributed by atoms with Gasteiger partial charge in [-0.25, -0.2) is 13.1 Å². The van der Waals surface area contributed by atoms with Crippen molar-refractivity contribution in [2.24, 2.45) is 11.7 Å². The lowest BCUT2D eigenvalue weighted by Crippen LogP contribution is -2.35. The van der Waals surface area contributed by atoms with E-state index in [0.717, 1.165) is 0 Å². The fourth-order valence-corrected chi connectivity index (χ4v) is 2.80. The van der Waals surface area contributed by atoms with Crippen LogP contribution < -0.4 is 10.5 Å². The van der Waals surface area contributed by atoms with Gasteiger partial charge >= 0.3 is 0 Å². The second-order valence-electron chi connectivity index (χ2n) is 3.96. The van der Waals surface area contributed by atoms with E-state index in [2.05, 4.69) is 4.72 Å². The Bertz CT molecular complexity index is 342. The van der Waals surface area contributed by atoms with Crippen LogP contribution in [0.3, 0.4) is 0 Å². The molecule has 1 fully saturated rings. The monoisotopic (exact) mass is 249 g/mol. The SMILES string of the molecule is CCNS(=O)(=O)CCN1CC(CN)CC1=O. The first-order valence-corrected chi connectivity index (χ1v) is 7.09. The molecular weight excluding hydrogens is 230 g/mol. The van der Waals surface area contributed by atoms with Gasteiger partial charge in [-0.15, -0.1) is 0 Å². The summed E-state index contributed by atoms with van der Waals surface area (Å²) in [7, 11) is -3.24. The smallest absolute Gasteiger partial charge is 0.223 e. The second-order valence-corrected chi connectivity index (χ2v) is 5.89. The normalized spacial score (nSPS) is 21.8. The lowest BCUT2D eigenvalue weighted by molar-refractivity contribution is -0.127. The number of hydrogen-bond acceptors (Lipinski definition) is 4. The van der Waals surface area contributed by atoms with E-state index in [4.69, 9.17) is 5.73 Å². The molecule has 1 aliphatic rings. The molecule has 0 aliphatic carbocycles. The van der Waals surface area contributed by atoms with E-state index < -0.39 is 10.0 Å². The van der Waals surface area contributed by atoms with E-state index in [9.17, 15) is 13.2 Å². The maximum Gasteiger partial charge on any atom is 0.223 e. The van der Waals surface area contributed by atoms with E-state index in [1.165, 1.54) is 0 Å². The molecule has 1 heterocycles. The Labute approximate surface area is 96.2 Å². The summed E-state index contributed by atoms with van der Waals surface area (Å²) in [6.45, 7) is 3.41. The van der Waals surface area contributed by atoms with Crippen LogP contribution in [0.5, 0.6) is 0 Å². The van der Waals surface area contributed by atoms with E-state index in [0.29, 0.717) is 26.1 Å². The van der Waals surface area contributed by atoms with Crippen molar-refractivity contribution >= 4 is 15.9 Å². The third kappa shape index (κ3) is 3.73. The van der Waals surface area contributed by atoms with Crippen LogP contribution in [0.15, 0.2) is 0 Å². The van der Waals surface area contributed by atoms with Crippen molar-refractivity contribution < 1.29 is 13.2 Å². The molecule has 0 spiro atoms. The van der Waals surface area contributed by atoms with Gasteiger partial charge in [0.15, 0.2) is 0 Å². The average molecular weight is 249 g/mol. The largest absolute Gasteiger partial charge is 0.341 e. The molecule has 0 radical (unpaired) electrons. The summed E-state index contributed by atoms with van der Waals surface area (Å²) in [6, 6.07) is 0. The molecule has 7 heteroatoms. The number of carbonyl (C=O) groups excluding carboxylic acids is 1. The first-order chi connectivity index (χ1) is 7.48. The third-order valence-electron chi connectivity index (χ3n) is 2.62. The van der Waals surface area contributed by atoms with E-state index in [1.807, 2.05) is 0 Å². The molecule has 0 aromatic carbocycles. The van der Waals surface area contributed by atoms with Crippen LogP contribution in [0.25, 0.3) is 0 Å². The molecule has 94 valence electrons. The summed E-state index contributed by atoms with van der Waals surface area (Å²) in [5, 5.41) is 0. The van der Waals surface area contributed by atoms with Gasteiger partial charge in [-0.3, -0.25) is 4.79 Å². The number of hydrogen-bond donors (Lipinski definition) is 2. The Morgan fingerprint density at radius 2 is 2.25 bits per heavy atom. The zero-order valence-corrected chi connectivity index (χ0v) is 10.3. The molecule has 1 aliphatic heterocycles. The molecular formula is C9H19N3O3S. The maximum atomic E-state index is 11.5. The Morgan fingerprint density at radius 3 is 2.75 bits per heavy atom. The van der Waals surface area contributed by atoms with E-state index in [1.54, 1.807) is 11.8 Å². The van der Waals surface area contributed by atoms with Crippen LogP contribution in [0, 0.1) is 5.92 Å². The molecule has 0 aromatic heterocycles. The fraction of sp³-hybridized carbons (Fsp3) is 0.889. The Kier molecular flexibility index (Phi) is 4.69. The molecule has 0 aromatic rings. The molecule has 16 heavy (non-hydrogen) atoms. The molecule has 0 bridgehead atoms. The summed E-state index contributed by atoms with van der Waals surface area (Å²) in [5.74, 6) is 0.139. The number of nitrogens with one attached hydrogen (secondary N) is 1. The quantitative estimate of drug-likeness (QED) is 0.614. The number of rotatable bonds is 6. The topological polar surface area (TPSA) is 92.5 Å². The van der Waals surface area contributed by atoms with Gasteiger partial charge in [-0.1, -0.05) is 6.92 Å². The molecule has 1 saturated heterocycles. The first kappa shape index (κ1) is 13.4. The standard InChI is InChI=1S/C9H19N3O3S/c1-2-11-16(14,15)4-3-12-7-8(6-10)5-9(12)13/h8,11H,2-7,10H2,1H3. The number of sulfonamides is 1. The van der Waals surface area contributed by atoms with Gasteiger partial charge in [-0.05, 0) is 12.5 Å². The highest BCUT2D eigenvalue weighted by Gasteiger charge is 2.29. The predicted octanol–water partition coefficient (Wildman–Crippen LogP) is -1.27. The minimum atomic E-state index is -3.24. The summed E-state index contributed by atoms with van der Waals surface area (Å²) in [6.07, 6.45) is 0.442. The highest BCUT2D eigenvalue weighted by molar-refractivity contribution is 7.89. The van der Waals surface area contributed by atoms with Gasteiger partial charge < -0.3 is 10.6 Å². The lowest BCUT2D eigenvalue weighted by Gasteiger charge is -2.16. The van der Waals surface area contributed by atoms with Crippen LogP contribution in [0.2, 0.25) is 0 Å². The fourth-order valence-electron chi connectivity index (χ4n) is 1.75. The number of nitrogens with two attached hydrogens (primary N) is 1. The first-order valence-electron chi connectivity index (χ1n) is 5.43. The Morgan fingerprint density at radius 1 is 1.56 bits per heavy atom. The summed E-state index contributed by atoms with van der Waals surface area (Å²) >= 11 is 0. The zero-order chi connectivity index (χ0) is 12.2. The Hall–Kier alpha value is -0.660. The molecule has 6 nitrogen and oxygen atoms in total. The summed E-state index contributed by atoms with van der Waals surface area (Å²) < 4.78 is 25.1. The molecule has 1 unspecified atom stereocenters. The van der Waals surface area contributed by atoms with E-state index in [-0.39, 0.29) is 24.1 Å².